The molecule has 0 bridgehead atoms. The molecule has 1 aliphatic heterocycles. The van der Waals surface area contributed by atoms with E-state index in [1.807, 2.05) is 72.8 Å². The average Bonchev–Trinajstić information content (AvgIpc) is 3.43. The van der Waals surface area contributed by atoms with Crippen LogP contribution in [0.2, 0.25) is 0 Å². The summed E-state index contributed by atoms with van der Waals surface area (Å²) in [7, 11) is 0. The molecule has 1 atom stereocenters. The maximum absolute atomic E-state index is 13.1. The normalized spacial score (nSPS) is 16.3. The number of hydrogen-bond donors (Lipinski definition) is 0. The Labute approximate surface area is 174 Å². The van der Waals surface area contributed by atoms with Gasteiger partial charge >= 0.3 is 0 Å². The lowest BCUT2D eigenvalue weighted by atomic mass is 10.1. The minimum atomic E-state index is -0.200. The summed E-state index contributed by atoms with van der Waals surface area (Å²) >= 11 is 0. The number of aromatic nitrogens is 1. The van der Waals surface area contributed by atoms with Gasteiger partial charge in [-0.15, -0.1) is 0 Å². The second kappa shape index (κ2) is 7.79. The molecule has 0 radical (unpaired) electrons. The van der Waals surface area contributed by atoms with Crippen LogP contribution in [0.15, 0.2) is 101 Å². The average molecular weight is 393 g/mol. The number of hydrogen-bond acceptors (Lipinski definition) is 4. The third-order valence-electron chi connectivity index (χ3n) is 5.10. The number of carbonyl (C=O) groups excluding carboxylic acids is 1. The second-order valence-corrected chi connectivity index (χ2v) is 7.12. The first-order chi connectivity index (χ1) is 14.8. The van der Waals surface area contributed by atoms with Crippen molar-refractivity contribution in [1.82, 2.24) is 9.99 Å². The van der Waals surface area contributed by atoms with Gasteiger partial charge in [0.15, 0.2) is 5.76 Å². The molecule has 30 heavy (non-hydrogen) atoms. The Morgan fingerprint density at radius 2 is 1.77 bits per heavy atom. The van der Waals surface area contributed by atoms with Gasteiger partial charge in [-0.2, -0.15) is 5.10 Å². The highest BCUT2D eigenvalue weighted by Gasteiger charge is 2.32. The van der Waals surface area contributed by atoms with Gasteiger partial charge in [-0.25, -0.2) is 5.01 Å². The molecule has 146 valence electrons. The Morgan fingerprint density at radius 3 is 2.57 bits per heavy atom. The number of rotatable bonds is 4. The van der Waals surface area contributed by atoms with E-state index in [-0.39, 0.29) is 11.9 Å². The first kappa shape index (κ1) is 18.1. The molecule has 0 spiro atoms. The van der Waals surface area contributed by atoms with E-state index in [0.29, 0.717) is 17.7 Å². The summed E-state index contributed by atoms with van der Waals surface area (Å²) in [5, 5.41) is 7.22. The van der Waals surface area contributed by atoms with Crippen molar-refractivity contribution in [2.24, 2.45) is 5.10 Å². The maximum atomic E-state index is 13.1. The lowest BCUT2D eigenvalue weighted by Crippen LogP contribution is -2.31. The Balaban J connectivity index is 1.49. The molecular formula is C25H19N3O2. The number of fused-ring (bicyclic) bond motifs is 1. The quantitative estimate of drug-likeness (QED) is 0.481. The fraction of sp³-hybridized carbons (Fsp3) is 0.0800. The number of carbonyl (C=O) groups is 1. The third-order valence-corrected chi connectivity index (χ3v) is 5.10. The molecule has 0 saturated heterocycles. The number of pyridine rings is 1. The van der Waals surface area contributed by atoms with E-state index in [4.69, 9.17) is 4.42 Å². The van der Waals surface area contributed by atoms with Crippen LogP contribution in [0.1, 0.15) is 28.1 Å². The van der Waals surface area contributed by atoms with E-state index in [2.05, 4.69) is 10.1 Å². The second-order valence-electron chi connectivity index (χ2n) is 7.12. The Bertz CT molecular complexity index is 1210. The molecule has 0 saturated carbocycles. The van der Waals surface area contributed by atoms with Crippen LogP contribution in [-0.4, -0.2) is 27.7 Å². The standard InChI is InChI=1S/C25H19N3O2/c29-25(19-12-14-26-15-13-19)28-21(11-10-18-6-2-1-3-7-18)17-22(27-28)24-16-20-8-4-5-9-23(20)30-24/h1-16,21H,17H2/b11-10+. The van der Waals surface area contributed by atoms with Crippen LogP contribution >= 0.6 is 0 Å². The van der Waals surface area contributed by atoms with Crippen molar-refractivity contribution >= 4 is 28.7 Å². The highest BCUT2D eigenvalue weighted by Crippen LogP contribution is 2.27. The molecule has 4 aromatic rings. The van der Waals surface area contributed by atoms with Crippen LogP contribution in [0, 0.1) is 0 Å². The van der Waals surface area contributed by atoms with Crippen LogP contribution in [0.3, 0.4) is 0 Å². The summed E-state index contributed by atoms with van der Waals surface area (Å²) in [5.41, 5.74) is 3.20. The van der Waals surface area contributed by atoms with Gasteiger partial charge in [-0.05, 0) is 29.8 Å². The molecule has 0 fully saturated rings. The fourth-order valence-corrected chi connectivity index (χ4v) is 3.56. The molecule has 1 unspecified atom stereocenters. The van der Waals surface area contributed by atoms with Crippen molar-refractivity contribution in [3.8, 4) is 0 Å². The summed E-state index contributed by atoms with van der Waals surface area (Å²) in [6, 6.07) is 23.1. The fourth-order valence-electron chi connectivity index (χ4n) is 3.56. The zero-order chi connectivity index (χ0) is 20.3. The summed E-state index contributed by atoms with van der Waals surface area (Å²) in [6.07, 6.45) is 7.85. The van der Waals surface area contributed by atoms with Gasteiger partial charge in [0.1, 0.15) is 11.3 Å². The molecule has 5 heteroatoms. The predicted octanol–water partition coefficient (Wildman–Crippen LogP) is 5.16. The van der Waals surface area contributed by atoms with Crippen LogP contribution in [0.25, 0.3) is 17.0 Å². The van der Waals surface area contributed by atoms with E-state index in [1.165, 1.54) is 5.01 Å². The molecule has 1 amide bonds. The van der Waals surface area contributed by atoms with E-state index in [1.54, 1.807) is 24.5 Å². The van der Waals surface area contributed by atoms with Crippen molar-refractivity contribution < 1.29 is 9.21 Å². The zero-order valence-corrected chi connectivity index (χ0v) is 16.2. The van der Waals surface area contributed by atoms with Gasteiger partial charge in [-0.1, -0.05) is 60.7 Å². The van der Waals surface area contributed by atoms with Crippen molar-refractivity contribution in [1.29, 1.82) is 0 Å². The number of benzene rings is 2. The Hall–Kier alpha value is -3.99. The minimum Gasteiger partial charge on any atom is -0.455 e. The predicted molar refractivity (Wildman–Crippen MR) is 117 cm³/mol. The molecule has 1 aliphatic rings. The summed E-state index contributed by atoms with van der Waals surface area (Å²) in [4.78, 5) is 17.1. The highest BCUT2D eigenvalue weighted by molar-refractivity contribution is 6.05. The van der Waals surface area contributed by atoms with Crippen molar-refractivity contribution in [2.45, 2.75) is 12.5 Å². The first-order valence-corrected chi connectivity index (χ1v) is 9.81. The molecule has 5 nitrogen and oxygen atoms in total. The lowest BCUT2D eigenvalue weighted by Gasteiger charge is -2.18. The monoisotopic (exact) mass is 393 g/mol. The topological polar surface area (TPSA) is 58.7 Å². The van der Waals surface area contributed by atoms with E-state index in [0.717, 1.165) is 22.2 Å². The van der Waals surface area contributed by atoms with Crippen molar-refractivity contribution in [3.63, 3.8) is 0 Å². The number of nitrogens with zero attached hydrogens (tertiary/aromatic N) is 3. The molecule has 0 aliphatic carbocycles. The Kier molecular flexibility index (Phi) is 4.69. The zero-order valence-electron chi connectivity index (χ0n) is 16.2. The minimum absolute atomic E-state index is 0.161. The van der Waals surface area contributed by atoms with Gasteiger partial charge in [0, 0.05) is 29.8 Å². The highest BCUT2D eigenvalue weighted by atomic mass is 16.3. The number of para-hydroxylation sites is 1. The van der Waals surface area contributed by atoms with Crippen LogP contribution in [-0.2, 0) is 0 Å². The molecule has 5 rings (SSSR count). The third kappa shape index (κ3) is 3.53. The molecule has 3 heterocycles. The number of furan rings is 1. The molecule has 2 aromatic carbocycles. The SMILES string of the molecule is O=C(c1ccncc1)N1N=C(c2cc3ccccc3o2)CC1/C=C/c1ccccc1. The largest absolute Gasteiger partial charge is 0.455 e. The summed E-state index contributed by atoms with van der Waals surface area (Å²) in [5.74, 6) is 0.533. The molecular weight excluding hydrogens is 374 g/mol. The molecule has 0 N–H and O–H groups in total. The van der Waals surface area contributed by atoms with Gasteiger partial charge in [-0.3, -0.25) is 9.78 Å². The van der Waals surface area contributed by atoms with Gasteiger partial charge < -0.3 is 4.42 Å². The number of amides is 1. The van der Waals surface area contributed by atoms with Crippen molar-refractivity contribution in [3.05, 3.63) is 108 Å². The first-order valence-electron chi connectivity index (χ1n) is 9.81. The van der Waals surface area contributed by atoms with E-state index in [9.17, 15) is 4.79 Å². The molecule has 2 aromatic heterocycles. The van der Waals surface area contributed by atoms with Gasteiger partial charge in [0.05, 0.1) is 6.04 Å². The maximum Gasteiger partial charge on any atom is 0.274 e. The summed E-state index contributed by atoms with van der Waals surface area (Å²) in [6.45, 7) is 0. The summed E-state index contributed by atoms with van der Waals surface area (Å²) < 4.78 is 5.99. The van der Waals surface area contributed by atoms with Crippen molar-refractivity contribution in [2.75, 3.05) is 0 Å². The number of hydrazone groups is 1. The van der Waals surface area contributed by atoms with Gasteiger partial charge in [0.25, 0.3) is 5.91 Å². The van der Waals surface area contributed by atoms with E-state index < -0.39 is 0 Å². The smallest absolute Gasteiger partial charge is 0.274 e. The van der Waals surface area contributed by atoms with Crippen LogP contribution in [0.4, 0.5) is 0 Å². The van der Waals surface area contributed by atoms with Crippen LogP contribution in [0.5, 0.6) is 0 Å². The Morgan fingerprint density at radius 1 is 1.00 bits per heavy atom. The van der Waals surface area contributed by atoms with E-state index >= 15 is 0 Å². The van der Waals surface area contributed by atoms with Crippen LogP contribution < -0.4 is 0 Å². The lowest BCUT2D eigenvalue weighted by molar-refractivity contribution is 0.0742. The van der Waals surface area contributed by atoms with Gasteiger partial charge in [0.2, 0.25) is 0 Å².